The Morgan fingerprint density at radius 2 is 1.38 bits per heavy atom. The minimum Gasteiger partial charge on any atom is -0.480 e. The quantitative estimate of drug-likeness (QED) is 0.127. The number of rotatable bonds is 11. The van der Waals surface area contributed by atoms with Gasteiger partial charge < -0.3 is 21.1 Å². The number of benzene rings is 4. The molecular formula is C38H33N5O5. The topological polar surface area (TPSA) is 155 Å². The fourth-order valence-electron chi connectivity index (χ4n) is 4.93. The first-order valence-electron chi connectivity index (χ1n) is 15.1. The second-order valence-electron chi connectivity index (χ2n) is 11.2. The molecule has 0 saturated carbocycles. The average Bonchev–Trinajstić information content (AvgIpc) is 3.09. The molecule has 0 aliphatic heterocycles. The number of amides is 3. The third kappa shape index (κ3) is 8.85. The molecule has 10 heteroatoms. The van der Waals surface area contributed by atoms with E-state index in [0.717, 1.165) is 22.3 Å². The van der Waals surface area contributed by atoms with Crippen molar-refractivity contribution < 1.29 is 24.3 Å². The number of aromatic nitrogens is 1. The first kappa shape index (κ1) is 33.0. The van der Waals surface area contributed by atoms with E-state index in [-0.39, 0.29) is 30.3 Å². The van der Waals surface area contributed by atoms with Gasteiger partial charge in [-0.05, 0) is 71.6 Å². The highest BCUT2D eigenvalue weighted by Gasteiger charge is 2.19. The number of carboxylic acid groups (broad SMARTS) is 1. The van der Waals surface area contributed by atoms with Crippen molar-refractivity contribution >= 4 is 35.2 Å². The van der Waals surface area contributed by atoms with Crippen LogP contribution in [0.2, 0.25) is 0 Å². The number of pyridine rings is 1. The van der Waals surface area contributed by atoms with E-state index in [0.29, 0.717) is 22.4 Å². The minimum atomic E-state index is -1.17. The zero-order chi connectivity index (χ0) is 34.0. The summed E-state index contributed by atoms with van der Waals surface area (Å²) in [6, 6.07) is 31.7. The highest BCUT2D eigenvalue weighted by molar-refractivity contribution is 6.09. The first-order chi connectivity index (χ1) is 23.1. The van der Waals surface area contributed by atoms with Crippen LogP contribution in [0.15, 0.2) is 127 Å². The molecule has 0 unspecified atom stereocenters. The highest BCUT2D eigenvalue weighted by atomic mass is 16.4. The molecule has 5 aromatic rings. The molecular weight excluding hydrogens is 606 g/mol. The van der Waals surface area contributed by atoms with Crippen molar-refractivity contribution in [3.05, 3.63) is 155 Å². The van der Waals surface area contributed by atoms with Crippen LogP contribution in [0.3, 0.4) is 0 Å². The lowest BCUT2D eigenvalue weighted by Gasteiger charge is -2.21. The van der Waals surface area contributed by atoms with Crippen LogP contribution in [-0.4, -0.2) is 51.1 Å². The fraction of sp³-hybridized carbons (Fsp3) is 0.105. The number of nitrogens with two attached hydrogens (primary N) is 1. The SMILES string of the molecule is Cc1ccc(-c2ccc(C(=O)N=C(N)c3ccc(CN(CC(=O)O)C(=O)c4ccc(NC(=O)Cc5cccnc5)cc4)cc3)cc2)cc1. The van der Waals surface area contributed by atoms with E-state index in [1.165, 1.54) is 17.0 Å². The number of hydrogen-bond donors (Lipinski definition) is 3. The Hall–Kier alpha value is -6.42. The molecule has 0 spiro atoms. The number of carboxylic acids is 1. The number of hydrogen-bond acceptors (Lipinski definition) is 5. The van der Waals surface area contributed by atoms with Crippen LogP contribution in [0.25, 0.3) is 11.1 Å². The van der Waals surface area contributed by atoms with Crippen LogP contribution in [0.5, 0.6) is 0 Å². The van der Waals surface area contributed by atoms with Crippen LogP contribution in [-0.2, 0) is 22.6 Å². The van der Waals surface area contributed by atoms with E-state index in [9.17, 15) is 24.3 Å². The van der Waals surface area contributed by atoms with Crippen molar-refractivity contribution in [1.29, 1.82) is 0 Å². The monoisotopic (exact) mass is 639 g/mol. The second-order valence-corrected chi connectivity index (χ2v) is 11.2. The predicted octanol–water partition coefficient (Wildman–Crippen LogP) is 5.51. The zero-order valence-electron chi connectivity index (χ0n) is 26.2. The Morgan fingerprint density at radius 3 is 1.98 bits per heavy atom. The number of nitrogens with one attached hydrogen (secondary N) is 1. The Bertz CT molecular complexity index is 1940. The average molecular weight is 640 g/mol. The van der Waals surface area contributed by atoms with Crippen molar-refractivity contribution in [3.8, 4) is 11.1 Å². The maximum absolute atomic E-state index is 13.3. The van der Waals surface area contributed by atoms with Gasteiger partial charge in [0.05, 0.1) is 6.42 Å². The standard InChI is InChI=1S/C38H33N5O5/c1-25-4-8-28(9-5-25)29-12-14-31(15-13-29)37(47)42-36(39)30-10-6-26(7-11-30)23-43(24-35(45)46)38(48)32-16-18-33(19-17-32)41-34(44)21-27-3-2-20-40-22-27/h2-20,22H,21,23-24H2,1H3,(H,41,44)(H,45,46)(H2,39,42,47). The molecule has 10 nitrogen and oxygen atoms in total. The zero-order valence-corrected chi connectivity index (χ0v) is 26.2. The van der Waals surface area contributed by atoms with Gasteiger partial charge in [0.1, 0.15) is 12.4 Å². The number of aliphatic imine (C=N–C) groups is 1. The molecule has 0 aliphatic rings. The smallest absolute Gasteiger partial charge is 0.323 e. The van der Waals surface area contributed by atoms with E-state index in [2.05, 4.69) is 15.3 Å². The Labute approximate surface area is 277 Å². The van der Waals surface area contributed by atoms with Crippen molar-refractivity contribution in [3.63, 3.8) is 0 Å². The van der Waals surface area contributed by atoms with Crippen LogP contribution >= 0.6 is 0 Å². The first-order valence-corrected chi connectivity index (χ1v) is 15.1. The van der Waals surface area contributed by atoms with Gasteiger partial charge in [-0.15, -0.1) is 0 Å². The summed E-state index contributed by atoms with van der Waals surface area (Å²) >= 11 is 0. The van der Waals surface area contributed by atoms with Gasteiger partial charge in [0, 0.05) is 41.3 Å². The summed E-state index contributed by atoms with van der Waals surface area (Å²) < 4.78 is 0. The van der Waals surface area contributed by atoms with Crippen LogP contribution in [0.4, 0.5) is 5.69 Å². The van der Waals surface area contributed by atoms with Crippen LogP contribution in [0.1, 0.15) is 43.0 Å². The number of anilines is 1. The molecule has 1 heterocycles. The number of aliphatic carboxylic acids is 1. The maximum atomic E-state index is 13.3. The highest BCUT2D eigenvalue weighted by Crippen LogP contribution is 2.21. The van der Waals surface area contributed by atoms with E-state index in [1.807, 2.05) is 43.3 Å². The molecule has 5 rings (SSSR count). The molecule has 48 heavy (non-hydrogen) atoms. The summed E-state index contributed by atoms with van der Waals surface area (Å²) in [6.07, 6.45) is 3.39. The summed E-state index contributed by atoms with van der Waals surface area (Å²) in [5.74, 6) is -2.35. The second kappa shape index (κ2) is 15.2. The van der Waals surface area contributed by atoms with Gasteiger partial charge in [-0.2, -0.15) is 4.99 Å². The maximum Gasteiger partial charge on any atom is 0.323 e. The molecule has 4 aromatic carbocycles. The Morgan fingerprint density at radius 1 is 0.771 bits per heavy atom. The normalized spacial score (nSPS) is 11.1. The molecule has 240 valence electrons. The van der Waals surface area contributed by atoms with Crippen LogP contribution in [0, 0.1) is 6.92 Å². The summed E-state index contributed by atoms with van der Waals surface area (Å²) in [5, 5.41) is 12.3. The number of carbonyl (C=O) groups is 4. The lowest BCUT2D eigenvalue weighted by atomic mass is 10.0. The summed E-state index contributed by atoms with van der Waals surface area (Å²) in [7, 11) is 0. The minimum absolute atomic E-state index is 0.0122. The number of carbonyl (C=O) groups excluding carboxylic acids is 3. The Kier molecular flexibility index (Phi) is 10.5. The molecule has 4 N–H and O–H groups in total. The van der Waals surface area contributed by atoms with Crippen molar-refractivity contribution in [2.75, 3.05) is 11.9 Å². The van der Waals surface area contributed by atoms with Crippen molar-refractivity contribution in [2.24, 2.45) is 10.7 Å². The third-order valence-corrected chi connectivity index (χ3v) is 7.48. The van der Waals surface area contributed by atoms with Crippen LogP contribution < -0.4 is 11.1 Å². The summed E-state index contributed by atoms with van der Waals surface area (Å²) in [4.78, 5) is 59.3. The van der Waals surface area contributed by atoms with Gasteiger partial charge in [-0.1, -0.05) is 72.3 Å². The van der Waals surface area contributed by atoms with E-state index in [1.54, 1.807) is 73.1 Å². The van der Waals surface area contributed by atoms with Gasteiger partial charge in [0.25, 0.3) is 11.8 Å². The number of amidine groups is 1. The van der Waals surface area contributed by atoms with Gasteiger partial charge >= 0.3 is 5.97 Å². The number of aryl methyl sites for hydroxylation is 1. The largest absolute Gasteiger partial charge is 0.480 e. The summed E-state index contributed by atoms with van der Waals surface area (Å²) in [5.41, 5.74) is 12.4. The number of nitrogens with zero attached hydrogens (tertiary/aromatic N) is 3. The van der Waals surface area contributed by atoms with Gasteiger partial charge in [0.2, 0.25) is 5.91 Å². The molecule has 0 saturated heterocycles. The molecule has 0 bridgehead atoms. The summed E-state index contributed by atoms with van der Waals surface area (Å²) in [6.45, 7) is 1.51. The van der Waals surface area contributed by atoms with E-state index < -0.39 is 24.3 Å². The predicted molar refractivity (Wildman–Crippen MR) is 184 cm³/mol. The fourth-order valence-corrected chi connectivity index (χ4v) is 4.93. The lowest BCUT2D eigenvalue weighted by molar-refractivity contribution is -0.137. The van der Waals surface area contributed by atoms with Gasteiger partial charge in [0.15, 0.2) is 0 Å². The van der Waals surface area contributed by atoms with Gasteiger partial charge in [-0.25, -0.2) is 0 Å². The Balaban J connectivity index is 1.21. The molecule has 0 radical (unpaired) electrons. The van der Waals surface area contributed by atoms with Crippen molar-refractivity contribution in [1.82, 2.24) is 9.88 Å². The van der Waals surface area contributed by atoms with Gasteiger partial charge in [-0.3, -0.25) is 24.2 Å². The molecule has 0 aliphatic carbocycles. The molecule has 0 fully saturated rings. The third-order valence-electron chi connectivity index (χ3n) is 7.48. The van der Waals surface area contributed by atoms with E-state index in [4.69, 9.17) is 5.73 Å². The molecule has 1 aromatic heterocycles. The van der Waals surface area contributed by atoms with Crippen molar-refractivity contribution in [2.45, 2.75) is 19.9 Å². The molecule has 3 amide bonds. The van der Waals surface area contributed by atoms with E-state index >= 15 is 0 Å². The molecule has 0 atom stereocenters. The lowest BCUT2D eigenvalue weighted by Crippen LogP contribution is -2.35.